The van der Waals surface area contributed by atoms with Crippen molar-refractivity contribution in [2.75, 3.05) is 24.6 Å². The van der Waals surface area contributed by atoms with Crippen LogP contribution >= 0.6 is 0 Å². The molecule has 2 aromatic heterocycles. The Morgan fingerprint density at radius 3 is 3.09 bits per heavy atom. The Bertz CT molecular complexity index is 625. The van der Waals surface area contributed by atoms with Gasteiger partial charge in [-0.1, -0.05) is 0 Å². The van der Waals surface area contributed by atoms with Crippen LogP contribution in [0.1, 0.15) is 12.8 Å². The van der Waals surface area contributed by atoms with Crippen molar-refractivity contribution >= 4 is 5.82 Å². The summed E-state index contributed by atoms with van der Waals surface area (Å²) in [5.41, 5.74) is -0.113. The van der Waals surface area contributed by atoms with E-state index < -0.39 is 0 Å². The molecule has 0 unspecified atom stereocenters. The van der Waals surface area contributed by atoms with Crippen molar-refractivity contribution in [1.29, 1.82) is 0 Å². The average molecular weight is 298 g/mol. The molecule has 2 aliphatic heterocycles. The number of hydrogen-bond donors (Lipinski definition) is 0. The van der Waals surface area contributed by atoms with E-state index in [1.165, 1.54) is 0 Å². The topological polar surface area (TPSA) is 60.4 Å². The van der Waals surface area contributed by atoms with Gasteiger partial charge in [-0.3, -0.25) is 4.98 Å². The summed E-state index contributed by atoms with van der Waals surface area (Å²) in [6.45, 7) is 2.44. The van der Waals surface area contributed by atoms with Gasteiger partial charge in [0.2, 0.25) is 0 Å². The van der Waals surface area contributed by atoms with Crippen molar-refractivity contribution in [2.45, 2.75) is 24.5 Å². The Labute approximate surface area is 129 Å². The molecule has 0 radical (unpaired) electrons. The van der Waals surface area contributed by atoms with E-state index in [4.69, 9.17) is 9.47 Å². The van der Waals surface area contributed by atoms with Crippen molar-refractivity contribution in [1.82, 2.24) is 15.0 Å². The maximum absolute atomic E-state index is 6.11. The van der Waals surface area contributed by atoms with Crippen molar-refractivity contribution in [2.24, 2.45) is 0 Å². The summed E-state index contributed by atoms with van der Waals surface area (Å²) in [5, 5.41) is 0. The van der Waals surface area contributed by atoms with Crippen molar-refractivity contribution in [3.63, 3.8) is 0 Å². The first kappa shape index (κ1) is 13.5. The normalized spacial score (nSPS) is 27.5. The lowest BCUT2D eigenvalue weighted by molar-refractivity contribution is 0.0195. The highest BCUT2D eigenvalue weighted by atomic mass is 16.6. The molecule has 6 heteroatoms. The zero-order valence-corrected chi connectivity index (χ0v) is 12.3. The molecule has 0 aromatic carbocycles. The molecule has 2 fully saturated rings. The van der Waals surface area contributed by atoms with Gasteiger partial charge in [0.05, 0.1) is 18.4 Å². The lowest BCUT2D eigenvalue weighted by Gasteiger charge is -2.23. The number of aromatic nitrogens is 3. The van der Waals surface area contributed by atoms with Gasteiger partial charge in [0.25, 0.3) is 0 Å². The molecule has 0 bridgehead atoms. The fourth-order valence-electron chi connectivity index (χ4n) is 3.28. The zero-order valence-electron chi connectivity index (χ0n) is 12.3. The van der Waals surface area contributed by atoms with Gasteiger partial charge < -0.3 is 14.4 Å². The molecule has 2 saturated heterocycles. The van der Waals surface area contributed by atoms with Crippen LogP contribution in [0.4, 0.5) is 5.82 Å². The Morgan fingerprint density at radius 2 is 2.27 bits per heavy atom. The van der Waals surface area contributed by atoms with Crippen molar-refractivity contribution in [3.05, 3.63) is 43.1 Å². The van der Waals surface area contributed by atoms with Crippen LogP contribution in [0.25, 0.3) is 0 Å². The van der Waals surface area contributed by atoms with Crippen molar-refractivity contribution in [3.8, 4) is 5.75 Å². The smallest absolute Gasteiger partial charge is 0.138 e. The minimum atomic E-state index is -0.113. The van der Waals surface area contributed by atoms with Gasteiger partial charge in [0.15, 0.2) is 0 Å². The van der Waals surface area contributed by atoms with E-state index in [0.717, 1.165) is 37.5 Å². The van der Waals surface area contributed by atoms with Gasteiger partial charge in [-0.05, 0) is 24.6 Å². The predicted molar refractivity (Wildman–Crippen MR) is 80.8 cm³/mol. The third-order valence-corrected chi connectivity index (χ3v) is 4.32. The van der Waals surface area contributed by atoms with Crippen LogP contribution in [-0.2, 0) is 4.74 Å². The molecule has 6 nitrogen and oxygen atoms in total. The van der Waals surface area contributed by atoms with Gasteiger partial charge in [-0.15, -0.1) is 0 Å². The van der Waals surface area contributed by atoms with Crippen LogP contribution in [0, 0.1) is 0 Å². The monoisotopic (exact) mass is 298 g/mol. The highest BCUT2D eigenvalue weighted by Crippen LogP contribution is 2.37. The van der Waals surface area contributed by atoms with E-state index in [1.54, 1.807) is 24.9 Å². The molecular weight excluding hydrogens is 280 g/mol. The minimum Gasteiger partial charge on any atom is -0.486 e. The van der Waals surface area contributed by atoms with Crippen LogP contribution in [0.2, 0.25) is 0 Å². The molecule has 114 valence electrons. The SMILES string of the molecule is c1cncc(O[C@H]2CO[C@]3(CCN(c4ccncn4)C3)C2)c1. The Morgan fingerprint density at radius 1 is 1.27 bits per heavy atom. The number of nitrogens with zero attached hydrogens (tertiary/aromatic N) is 4. The molecule has 2 atom stereocenters. The average Bonchev–Trinajstić information content (AvgIpc) is 3.17. The second-order valence-electron chi connectivity index (χ2n) is 5.87. The van der Waals surface area contributed by atoms with E-state index in [-0.39, 0.29) is 11.7 Å². The number of anilines is 1. The number of hydrogen-bond acceptors (Lipinski definition) is 6. The number of rotatable bonds is 3. The summed E-state index contributed by atoms with van der Waals surface area (Å²) in [7, 11) is 0. The molecule has 0 aliphatic carbocycles. The predicted octanol–water partition coefficient (Wildman–Crippen LogP) is 1.69. The second kappa shape index (κ2) is 5.53. The first-order valence-corrected chi connectivity index (χ1v) is 7.55. The highest BCUT2D eigenvalue weighted by molar-refractivity contribution is 5.39. The van der Waals surface area contributed by atoms with Crippen LogP contribution in [0.5, 0.6) is 5.75 Å². The maximum atomic E-state index is 6.11. The van der Waals surface area contributed by atoms with Gasteiger partial charge in [0, 0.05) is 31.9 Å². The Kier molecular flexibility index (Phi) is 3.38. The van der Waals surface area contributed by atoms with E-state index >= 15 is 0 Å². The number of ether oxygens (including phenoxy) is 2. The van der Waals surface area contributed by atoms with Gasteiger partial charge >= 0.3 is 0 Å². The van der Waals surface area contributed by atoms with Gasteiger partial charge in [-0.25, -0.2) is 9.97 Å². The lowest BCUT2D eigenvalue weighted by Crippen LogP contribution is -2.33. The lowest BCUT2D eigenvalue weighted by atomic mass is 9.98. The van der Waals surface area contributed by atoms with E-state index in [0.29, 0.717) is 6.61 Å². The minimum absolute atomic E-state index is 0.0922. The number of pyridine rings is 1. The second-order valence-corrected chi connectivity index (χ2v) is 5.87. The largest absolute Gasteiger partial charge is 0.486 e. The molecule has 2 aliphatic rings. The third-order valence-electron chi connectivity index (χ3n) is 4.32. The fraction of sp³-hybridized carbons (Fsp3) is 0.438. The highest BCUT2D eigenvalue weighted by Gasteiger charge is 2.46. The first-order chi connectivity index (χ1) is 10.8. The molecule has 4 heterocycles. The summed E-state index contributed by atoms with van der Waals surface area (Å²) in [5.74, 6) is 1.77. The molecule has 0 saturated carbocycles. The quantitative estimate of drug-likeness (QED) is 0.859. The van der Waals surface area contributed by atoms with Crippen LogP contribution in [-0.4, -0.2) is 46.4 Å². The standard InChI is InChI=1S/C16H18N4O2/c1-2-13(9-17-5-1)22-14-8-16(21-10-14)4-7-20(11-16)15-3-6-18-12-19-15/h1-3,5-6,9,12,14H,4,7-8,10-11H2/t14-,16-/m1/s1. The summed E-state index contributed by atoms with van der Waals surface area (Å²) in [6, 6.07) is 5.75. The summed E-state index contributed by atoms with van der Waals surface area (Å²) in [4.78, 5) is 14.6. The maximum Gasteiger partial charge on any atom is 0.138 e. The summed E-state index contributed by atoms with van der Waals surface area (Å²) < 4.78 is 12.1. The summed E-state index contributed by atoms with van der Waals surface area (Å²) in [6.07, 6.45) is 8.85. The fourth-order valence-corrected chi connectivity index (χ4v) is 3.28. The molecule has 0 N–H and O–H groups in total. The van der Waals surface area contributed by atoms with Crippen LogP contribution in [0.15, 0.2) is 43.1 Å². The zero-order chi connectivity index (χ0) is 14.8. The molecule has 0 amide bonds. The summed E-state index contributed by atoms with van der Waals surface area (Å²) >= 11 is 0. The molecule has 22 heavy (non-hydrogen) atoms. The van der Waals surface area contributed by atoms with E-state index in [1.807, 2.05) is 18.2 Å². The van der Waals surface area contributed by atoms with Crippen LogP contribution in [0.3, 0.4) is 0 Å². The van der Waals surface area contributed by atoms with Gasteiger partial charge in [0.1, 0.15) is 24.0 Å². The van der Waals surface area contributed by atoms with Crippen molar-refractivity contribution < 1.29 is 9.47 Å². The van der Waals surface area contributed by atoms with E-state index in [2.05, 4.69) is 19.9 Å². The molecular formula is C16H18N4O2. The molecule has 4 rings (SSSR count). The van der Waals surface area contributed by atoms with Crippen LogP contribution < -0.4 is 9.64 Å². The first-order valence-electron chi connectivity index (χ1n) is 7.55. The molecule has 2 aromatic rings. The Balaban J connectivity index is 1.40. The molecule has 1 spiro atoms. The van der Waals surface area contributed by atoms with Gasteiger partial charge in [-0.2, -0.15) is 0 Å². The Hall–Kier alpha value is -2.21. The third kappa shape index (κ3) is 2.62. The van der Waals surface area contributed by atoms with E-state index in [9.17, 15) is 0 Å².